The highest BCUT2D eigenvalue weighted by atomic mass is 79.9. The molecule has 0 saturated heterocycles. The number of aromatic nitrogens is 3. The van der Waals surface area contributed by atoms with Gasteiger partial charge in [0.2, 0.25) is 0 Å². The Balaban J connectivity index is 1.41. The molecule has 0 bridgehead atoms. The Morgan fingerprint density at radius 3 is 2.85 bits per heavy atom. The maximum absolute atomic E-state index is 12.5. The lowest BCUT2D eigenvalue weighted by atomic mass is 10.1. The largest absolute Gasteiger partial charge is 0.497 e. The first kappa shape index (κ1) is 17.0. The molecule has 0 radical (unpaired) electrons. The van der Waals surface area contributed by atoms with Crippen LogP contribution in [0.5, 0.6) is 5.75 Å². The number of hydrogen-bond donors (Lipinski definition) is 1. The number of nitrogens with one attached hydrogen (secondary N) is 1. The third-order valence-corrected chi connectivity index (χ3v) is 5.07. The number of pyridine rings is 1. The van der Waals surface area contributed by atoms with Crippen molar-refractivity contribution in [3.8, 4) is 5.75 Å². The molecule has 0 spiro atoms. The van der Waals surface area contributed by atoms with Gasteiger partial charge in [-0.2, -0.15) is 0 Å². The molecule has 1 aliphatic rings. The van der Waals surface area contributed by atoms with Gasteiger partial charge in [-0.1, -0.05) is 12.1 Å². The third-order valence-electron chi connectivity index (χ3n) is 4.64. The fourth-order valence-corrected chi connectivity index (χ4v) is 3.41. The smallest absolute Gasteiger partial charge is 0.310 e. The summed E-state index contributed by atoms with van der Waals surface area (Å²) in [5, 5.41) is 0. The number of aromatic amines is 1. The molecular formula is C19H18BrN3O3. The molecule has 4 rings (SSSR count). The molecule has 3 aromatic rings. The summed E-state index contributed by atoms with van der Waals surface area (Å²) in [4.78, 5) is 24.3. The van der Waals surface area contributed by atoms with Crippen LogP contribution in [-0.4, -0.2) is 28.0 Å². The van der Waals surface area contributed by atoms with Crippen molar-refractivity contribution in [2.45, 2.75) is 25.4 Å². The van der Waals surface area contributed by atoms with Gasteiger partial charge in [0.05, 0.1) is 18.5 Å². The first-order chi connectivity index (χ1) is 12.5. The molecule has 1 saturated carbocycles. The summed E-state index contributed by atoms with van der Waals surface area (Å²) in [6, 6.07) is 9.73. The second-order valence-electron chi connectivity index (χ2n) is 6.45. The van der Waals surface area contributed by atoms with Crippen molar-refractivity contribution >= 4 is 33.1 Å². The van der Waals surface area contributed by atoms with Gasteiger partial charge in [-0.25, -0.2) is 9.97 Å². The van der Waals surface area contributed by atoms with Gasteiger partial charge in [0.25, 0.3) is 0 Å². The fraction of sp³-hybridized carbons (Fsp3) is 0.316. The van der Waals surface area contributed by atoms with E-state index in [4.69, 9.17) is 9.47 Å². The normalized spacial score (nSPS) is 20.0. The van der Waals surface area contributed by atoms with Crippen LogP contribution in [0.25, 0.3) is 11.2 Å². The molecule has 3 atom stereocenters. The number of fused-ring (bicyclic) bond motifs is 1. The molecule has 6 nitrogen and oxygen atoms in total. The zero-order chi connectivity index (χ0) is 18.3. The maximum atomic E-state index is 12.5. The van der Waals surface area contributed by atoms with Crippen molar-refractivity contribution in [2.75, 3.05) is 7.11 Å². The van der Waals surface area contributed by atoms with E-state index in [1.54, 1.807) is 13.3 Å². The van der Waals surface area contributed by atoms with E-state index >= 15 is 0 Å². The average Bonchev–Trinajstić information content (AvgIpc) is 3.34. The number of ether oxygens (including phenoxy) is 2. The number of nitrogens with zero attached hydrogens (tertiary/aromatic N) is 2. The number of esters is 1. The molecule has 0 amide bonds. The standard InChI is InChI=1S/C19H18BrN3O3/c1-10(17-22-16-7-12(20)9-21-18(16)23-17)26-19(24)15-8-14(15)11-3-5-13(25-2)6-4-11/h3-7,9-10,14-15H,8H2,1-2H3,(H,21,22,23)/t10-,14-,15+/m0/s1. The summed E-state index contributed by atoms with van der Waals surface area (Å²) in [7, 11) is 1.64. The monoisotopic (exact) mass is 415 g/mol. The van der Waals surface area contributed by atoms with E-state index in [9.17, 15) is 4.79 Å². The van der Waals surface area contributed by atoms with Crippen LogP contribution in [-0.2, 0) is 9.53 Å². The maximum Gasteiger partial charge on any atom is 0.310 e. The molecule has 1 aromatic carbocycles. The Hall–Kier alpha value is -2.41. The van der Waals surface area contributed by atoms with Crippen LogP contribution in [0.15, 0.2) is 41.0 Å². The minimum Gasteiger partial charge on any atom is -0.497 e. The number of H-pyrrole nitrogens is 1. The first-order valence-corrected chi connectivity index (χ1v) is 9.20. The third kappa shape index (κ3) is 3.31. The second kappa shape index (κ2) is 6.72. The molecule has 0 aliphatic heterocycles. The number of imidazole rings is 1. The quantitative estimate of drug-likeness (QED) is 0.633. The molecule has 7 heteroatoms. The van der Waals surface area contributed by atoms with Crippen molar-refractivity contribution in [3.63, 3.8) is 0 Å². The van der Waals surface area contributed by atoms with Gasteiger partial charge in [0, 0.05) is 10.7 Å². The Morgan fingerprint density at radius 1 is 1.35 bits per heavy atom. The minimum absolute atomic E-state index is 0.0949. The predicted molar refractivity (Wildman–Crippen MR) is 99.9 cm³/mol. The lowest BCUT2D eigenvalue weighted by Gasteiger charge is -2.10. The Kier molecular flexibility index (Phi) is 4.40. The van der Waals surface area contributed by atoms with Gasteiger partial charge in [0.15, 0.2) is 11.8 Å². The lowest BCUT2D eigenvalue weighted by molar-refractivity contribution is -0.150. The molecule has 2 aromatic heterocycles. The molecule has 1 aliphatic carbocycles. The highest BCUT2D eigenvalue weighted by Crippen LogP contribution is 2.48. The van der Waals surface area contributed by atoms with Gasteiger partial charge in [0.1, 0.15) is 11.6 Å². The predicted octanol–water partition coefficient (Wildman–Crippen LogP) is 4.14. The molecule has 1 fully saturated rings. The van der Waals surface area contributed by atoms with Gasteiger partial charge in [-0.3, -0.25) is 4.79 Å². The molecule has 134 valence electrons. The van der Waals surface area contributed by atoms with Crippen LogP contribution in [0, 0.1) is 5.92 Å². The van der Waals surface area contributed by atoms with Crippen LogP contribution in [0.3, 0.4) is 0 Å². The Labute approximate surface area is 159 Å². The van der Waals surface area contributed by atoms with E-state index in [-0.39, 0.29) is 17.8 Å². The average molecular weight is 416 g/mol. The number of hydrogen-bond acceptors (Lipinski definition) is 5. The SMILES string of the molecule is COc1ccc([C@@H]2C[C@H]2C(=O)O[C@@H](C)c2nc3ncc(Br)cc3[nH]2)cc1. The minimum atomic E-state index is -0.451. The van der Waals surface area contributed by atoms with Gasteiger partial charge < -0.3 is 14.5 Å². The summed E-state index contributed by atoms with van der Waals surface area (Å²) in [6.45, 7) is 1.81. The van der Waals surface area contributed by atoms with Crippen LogP contribution in [0.2, 0.25) is 0 Å². The lowest BCUT2D eigenvalue weighted by Crippen LogP contribution is -2.12. The summed E-state index contributed by atoms with van der Waals surface area (Å²) in [6.07, 6.45) is 2.05. The van der Waals surface area contributed by atoms with E-state index in [0.29, 0.717) is 11.5 Å². The van der Waals surface area contributed by atoms with E-state index in [0.717, 1.165) is 27.7 Å². The van der Waals surface area contributed by atoms with Crippen molar-refractivity contribution < 1.29 is 14.3 Å². The number of methoxy groups -OCH3 is 1. The molecule has 2 heterocycles. The van der Waals surface area contributed by atoms with E-state index in [1.165, 1.54) is 0 Å². The highest BCUT2D eigenvalue weighted by Gasteiger charge is 2.45. The Bertz CT molecular complexity index is 954. The summed E-state index contributed by atoms with van der Waals surface area (Å²) in [5.41, 5.74) is 2.55. The number of carbonyl (C=O) groups is 1. The topological polar surface area (TPSA) is 77.1 Å². The number of rotatable bonds is 5. The van der Waals surface area contributed by atoms with Gasteiger partial charge in [-0.05, 0) is 59.0 Å². The van der Waals surface area contributed by atoms with Crippen molar-refractivity contribution in [2.24, 2.45) is 5.92 Å². The summed E-state index contributed by atoms with van der Waals surface area (Å²) < 4.78 is 11.7. The summed E-state index contributed by atoms with van der Waals surface area (Å²) in [5.74, 6) is 1.34. The summed E-state index contributed by atoms with van der Waals surface area (Å²) >= 11 is 3.38. The number of carbonyl (C=O) groups excluding carboxylic acids is 1. The van der Waals surface area contributed by atoms with Crippen LogP contribution in [0.1, 0.15) is 36.8 Å². The first-order valence-electron chi connectivity index (χ1n) is 8.40. The van der Waals surface area contributed by atoms with Crippen LogP contribution >= 0.6 is 15.9 Å². The van der Waals surface area contributed by atoms with E-state index in [1.807, 2.05) is 37.3 Å². The number of benzene rings is 1. The van der Waals surface area contributed by atoms with Gasteiger partial charge >= 0.3 is 5.97 Å². The second-order valence-corrected chi connectivity index (χ2v) is 7.36. The zero-order valence-electron chi connectivity index (χ0n) is 14.4. The highest BCUT2D eigenvalue weighted by molar-refractivity contribution is 9.10. The Morgan fingerprint density at radius 2 is 2.12 bits per heavy atom. The van der Waals surface area contributed by atoms with Crippen molar-refractivity contribution in [3.05, 3.63) is 52.4 Å². The van der Waals surface area contributed by atoms with Gasteiger partial charge in [-0.15, -0.1) is 0 Å². The molecule has 1 N–H and O–H groups in total. The van der Waals surface area contributed by atoms with E-state index < -0.39 is 6.10 Å². The molecule has 26 heavy (non-hydrogen) atoms. The van der Waals surface area contributed by atoms with Crippen molar-refractivity contribution in [1.82, 2.24) is 15.0 Å². The van der Waals surface area contributed by atoms with E-state index in [2.05, 4.69) is 30.9 Å². The molecular weight excluding hydrogens is 398 g/mol. The number of halogens is 1. The van der Waals surface area contributed by atoms with Crippen molar-refractivity contribution in [1.29, 1.82) is 0 Å². The molecule has 0 unspecified atom stereocenters. The van der Waals surface area contributed by atoms with Crippen LogP contribution in [0.4, 0.5) is 0 Å². The fourth-order valence-electron chi connectivity index (χ4n) is 3.08. The zero-order valence-corrected chi connectivity index (χ0v) is 16.0. The van der Waals surface area contributed by atoms with Crippen LogP contribution < -0.4 is 4.74 Å².